The average molecular weight is 354 g/mol. The molecule has 1 saturated heterocycles. The molecule has 0 saturated carbocycles. The third kappa shape index (κ3) is 4.41. The summed E-state index contributed by atoms with van der Waals surface area (Å²) in [5, 5.41) is 8.79. The van der Waals surface area contributed by atoms with E-state index in [4.69, 9.17) is 5.73 Å². The summed E-state index contributed by atoms with van der Waals surface area (Å²) < 4.78 is 0. The van der Waals surface area contributed by atoms with E-state index in [0.717, 1.165) is 24.3 Å². The fraction of sp³-hybridized carbons (Fsp3) is 0.278. The van der Waals surface area contributed by atoms with Crippen molar-refractivity contribution in [2.24, 2.45) is 0 Å². The molecule has 4 N–H and O–H groups in total. The number of nitrogens with one attached hydrogen (secondary N) is 2. The van der Waals surface area contributed by atoms with Crippen LogP contribution in [0.2, 0.25) is 0 Å². The molecule has 3 amide bonds. The van der Waals surface area contributed by atoms with E-state index in [9.17, 15) is 9.59 Å². The monoisotopic (exact) mass is 354 g/mol. The van der Waals surface area contributed by atoms with Gasteiger partial charge in [0.15, 0.2) is 0 Å². The van der Waals surface area contributed by atoms with E-state index >= 15 is 0 Å². The third-order valence-corrected chi connectivity index (χ3v) is 4.07. The summed E-state index contributed by atoms with van der Waals surface area (Å²) in [7, 11) is 0. The SMILES string of the molecule is Nc1ccc(CNC(=O)NCC(=O)N2CCCN2c2ccccn2)cc1. The van der Waals surface area contributed by atoms with E-state index < -0.39 is 6.03 Å². The van der Waals surface area contributed by atoms with Gasteiger partial charge in [0.05, 0.1) is 0 Å². The first-order valence-corrected chi connectivity index (χ1v) is 8.48. The molecule has 0 aliphatic carbocycles. The van der Waals surface area contributed by atoms with Gasteiger partial charge < -0.3 is 16.4 Å². The molecule has 3 rings (SSSR count). The first-order chi connectivity index (χ1) is 12.6. The van der Waals surface area contributed by atoms with Crippen molar-refractivity contribution < 1.29 is 9.59 Å². The second-order valence-corrected chi connectivity index (χ2v) is 5.96. The molecule has 0 unspecified atom stereocenters. The van der Waals surface area contributed by atoms with Gasteiger partial charge in [-0.05, 0) is 36.2 Å². The smallest absolute Gasteiger partial charge is 0.315 e. The van der Waals surface area contributed by atoms with E-state index in [1.54, 1.807) is 23.3 Å². The van der Waals surface area contributed by atoms with Crippen LogP contribution in [0.4, 0.5) is 16.3 Å². The minimum atomic E-state index is -0.390. The maximum atomic E-state index is 12.4. The van der Waals surface area contributed by atoms with Crippen molar-refractivity contribution >= 4 is 23.4 Å². The minimum absolute atomic E-state index is 0.0725. The molecular formula is C18H22N6O2. The number of pyridine rings is 1. The lowest BCUT2D eigenvalue weighted by molar-refractivity contribution is -0.129. The zero-order valence-electron chi connectivity index (χ0n) is 14.4. The van der Waals surface area contributed by atoms with Gasteiger partial charge in [-0.15, -0.1) is 0 Å². The molecule has 136 valence electrons. The van der Waals surface area contributed by atoms with Crippen LogP contribution in [0.25, 0.3) is 0 Å². The van der Waals surface area contributed by atoms with E-state index in [1.165, 1.54) is 0 Å². The molecule has 26 heavy (non-hydrogen) atoms. The van der Waals surface area contributed by atoms with Crippen LogP contribution in [0.1, 0.15) is 12.0 Å². The summed E-state index contributed by atoms with van der Waals surface area (Å²) in [6, 6.07) is 12.4. The number of nitrogens with two attached hydrogens (primary N) is 1. The van der Waals surface area contributed by atoms with Gasteiger partial charge in [-0.3, -0.25) is 14.8 Å². The highest BCUT2D eigenvalue weighted by Crippen LogP contribution is 2.18. The summed E-state index contributed by atoms with van der Waals surface area (Å²) >= 11 is 0. The third-order valence-electron chi connectivity index (χ3n) is 4.07. The van der Waals surface area contributed by atoms with Gasteiger partial charge in [0.25, 0.3) is 5.91 Å². The Kier molecular flexibility index (Phi) is 5.52. The van der Waals surface area contributed by atoms with Gasteiger partial charge in [-0.25, -0.2) is 9.78 Å². The molecule has 2 aromatic rings. The number of nitrogen functional groups attached to an aromatic ring is 1. The topological polar surface area (TPSA) is 104 Å². The number of anilines is 2. The van der Waals surface area contributed by atoms with Crippen LogP contribution in [0.5, 0.6) is 0 Å². The Morgan fingerprint density at radius 3 is 2.62 bits per heavy atom. The lowest BCUT2D eigenvalue weighted by Gasteiger charge is -2.28. The van der Waals surface area contributed by atoms with Crippen molar-refractivity contribution in [3.8, 4) is 0 Å². The fourth-order valence-corrected chi connectivity index (χ4v) is 2.74. The summed E-state index contributed by atoms with van der Waals surface area (Å²) in [6.45, 7) is 1.64. The molecule has 1 aromatic heterocycles. The van der Waals surface area contributed by atoms with Crippen molar-refractivity contribution in [2.45, 2.75) is 13.0 Å². The van der Waals surface area contributed by atoms with Gasteiger partial charge in [0.2, 0.25) is 0 Å². The predicted molar refractivity (Wildman–Crippen MR) is 99.0 cm³/mol. The lowest BCUT2D eigenvalue weighted by Crippen LogP contribution is -2.48. The lowest BCUT2D eigenvalue weighted by atomic mass is 10.2. The minimum Gasteiger partial charge on any atom is -0.399 e. The Labute approximate surface area is 152 Å². The number of benzene rings is 1. The number of nitrogens with zero attached hydrogens (tertiary/aromatic N) is 3. The van der Waals surface area contributed by atoms with Crippen molar-refractivity contribution in [3.63, 3.8) is 0 Å². The maximum Gasteiger partial charge on any atom is 0.315 e. The number of urea groups is 1. The molecule has 0 spiro atoms. The Hall–Kier alpha value is -3.29. The highest BCUT2D eigenvalue weighted by molar-refractivity contribution is 5.85. The molecule has 0 radical (unpaired) electrons. The van der Waals surface area contributed by atoms with Crippen LogP contribution in [0.3, 0.4) is 0 Å². The number of amides is 3. The number of carbonyl (C=O) groups excluding carboxylic acids is 2. The first kappa shape index (κ1) is 17.5. The van der Waals surface area contributed by atoms with Crippen molar-refractivity contribution in [2.75, 3.05) is 30.4 Å². The highest BCUT2D eigenvalue weighted by atomic mass is 16.2. The number of hydrogen-bond donors (Lipinski definition) is 3. The maximum absolute atomic E-state index is 12.4. The largest absolute Gasteiger partial charge is 0.399 e. The number of hydrogen-bond acceptors (Lipinski definition) is 5. The average Bonchev–Trinajstić information content (AvgIpc) is 3.16. The van der Waals surface area contributed by atoms with Crippen molar-refractivity contribution in [1.82, 2.24) is 20.6 Å². The quantitative estimate of drug-likeness (QED) is 0.698. The molecule has 8 nitrogen and oxygen atoms in total. The van der Waals surface area contributed by atoms with Gasteiger partial charge in [0, 0.05) is 31.5 Å². The van der Waals surface area contributed by atoms with Crippen LogP contribution in [-0.4, -0.2) is 41.6 Å². The standard InChI is InChI=1S/C18H22N6O2/c19-15-7-5-14(6-8-15)12-21-18(26)22-13-17(25)24-11-3-10-23(24)16-4-1-2-9-20-16/h1-2,4-9H,3,10-13,19H2,(H2,21,22,26). The van der Waals surface area contributed by atoms with Gasteiger partial charge in [-0.1, -0.05) is 18.2 Å². The normalized spacial score (nSPS) is 13.5. The molecule has 1 aromatic carbocycles. The summed E-state index contributed by atoms with van der Waals surface area (Å²) in [4.78, 5) is 28.6. The summed E-state index contributed by atoms with van der Waals surface area (Å²) in [5.74, 6) is 0.557. The Bertz CT molecular complexity index is 750. The second kappa shape index (κ2) is 8.19. The van der Waals surface area contributed by atoms with Crippen molar-refractivity contribution in [1.29, 1.82) is 0 Å². The van der Waals surface area contributed by atoms with Crippen LogP contribution >= 0.6 is 0 Å². The van der Waals surface area contributed by atoms with E-state index in [1.807, 2.05) is 35.3 Å². The first-order valence-electron chi connectivity index (χ1n) is 8.48. The van der Waals surface area contributed by atoms with Gasteiger partial charge >= 0.3 is 6.03 Å². The molecular weight excluding hydrogens is 332 g/mol. The van der Waals surface area contributed by atoms with Crippen LogP contribution < -0.4 is 21.4 Å². The van der Waals surface area contributed by atoms with Crippen LogP contribution in [0, 0.1) is 0 Å². The molecule has 1 aliphatic rings. The number of hydrazine groups is 1. The molecule has 0 bridgehead atoms. The number of aromatic nitrogens is 1. The Balaban J connectivity index is 1.47. The number of carbonyl (C=O) groups is 2. The molecule has 2 heterocycles. The molecule has 1 fully saturated rings. The van der Waals surface area contributed by atoms with Crippen LogP contribution in [0.15, 0.2) is 48.7 Å². The predicted octanol–water partition coefficient (Wildman–Crippen LogP) is 1.12. The second-order valence-electron chi connectivity index (χ2n) is 5.96. The molecule has 8 heteroatoms. The molecule has 0 atom stereocenters. The fourth-order valence-electron chi connectivity index (χ4n) is 2.74. The van der Waals surface area contributed by atoms with E-state index in [2.05, 4.69) is 15.6 Å². The van der Waals surface area contributed by atoms with Crippen LogP contribution in [-0.2, 0) is 11.3 Å². The van der Waals surface area contributed by atoms with Gasteiger partial charge in [0.1, 0.15) is 12.4 Å². The summed E-state index contributed by atoms with van der Waals surface area (Å²) in [5.41, 5.74) is 7.23. The Morgan fingerprint density at radius 1 is 1.08 bits per heavy atom. The zero-order chi connectivity index (χ0) is 18.4. The van der Waals surface area contributed by atoms with Gasteiger partial charge in [-0.2, -0.15) is 0 Å². The van der Waals surface area contributed by atoms with E-state index in [0.29, 0.717) is 18.8 Å². The highest BCUT2D eigenvalue weighted by Gasteiger charge is 2.27. The summed E-state index contributed by atoms with van der Waals surface area (Å²) in [6.07, 6.45) is 2.56. The number of rotatable bonds is 5. The zero-order valence-corrected chi connectivity index (χ0v) is 14.4. The van der Waals surface area contributed by atoms with E-state index in [-0.39, 0.29) is 12.5 Å². The molecule has 1 aliphatic heterocycles. The Morgan fingerprint density at radius 2 is 1.88 bits per heavy atom. The van der Waals surface area contributed by atoms with Crippen molar-refractivity contribution in [3.05, 3.63) is 54.2 Å².